The van der Waals surface area contributed by atoms with E-state index in [-0.39, 0.29) is 12.1 Å². The van der Waals surface area contributed by atoms with Crippen molar-refractivity contribution in [3.8, 4) is 0 Å². The molecule has 2 aliphatic rings. The van der Waals surface area contributed by atoms with Crippen molar-refractivity contribution in [1.29, 1.82) is 0 Å². The fourth-order valence-corrected chi connectivity index (χ4v) is 4.83. The normalized spacial score (nSPS) is 18.6. The highest BCUT2D eigenvalue weighted by Crippen LogP contribution is 2.36. The van der Waals surface area contributed by atoms with E-state index in [1.807, 2.05) is 6.07 Å². The lowest BCUT2D eigenvalue weighted by Gasteiger charge is -2.37. The number of ether oxygens (including phenoxy) is 2. The molecule has 1 aromatic heterocycles. The maximum Gasteiger partial charge on any atom is 0.339 e. The minimum absolute atomic E-state index is 0.0561. The van der Waals surface area contributed by atoms with Crippen LogP contribution in [0.15, 0.2) is 22.8 Å². The Balaban J connectivity index is 1.76. The number of carbonyl (C=O) groups excluding carboxylic acids is 1. The number of benzene rings is 1. The van der Waals surface area contributed by atoms with Crippen molar-refractivity contribution in [1.82, 2.24) is 0 Å². The number of carbonyl (C=O) groups is 1. The molecule has 1 saturated carbocycles. The number of anilines is 1. The first-order chi connectivity index (χ1) is 13.7. The monoisotopic (exact) mass is 385 g/mol. The number of nitrogens with zero attached hydrogens (tertiary/aromatic N) is 1. The molecule has 2 fully saturated rings. The van der Waals surface area contributed by atoms with Crippen LogP contribution in [0.2, 0.25) is 0 Å². The second-order valence-electron chi connectivity index (χ2n) is 7.88. The summed E-state index contributed by atoms with van der Waals surface area (Å²) in [4.78, 5) is 15.7. The van der Waals surface area contributed by atoms with E-state index in [1.165, 1.54) is 0 Å². The predicted molar refractivity (Wildman–Crippen MR) is 110 cm³/mol. The first-order valence-corrected chi connectivity index (χ1v) is 10.8. The highest BCUT2D eigenvalue weighted by molar-refractivity contribution is 6.07. The number of esters is 1. The fourth-order valence-electron chi connectivity index (χ4n) is 4.83. The van der Waals surface area contributed by atoms with Gasteiger partial charge in [0.05, 0.1) is 11.8 Å². The van der Waals surface area contributed by atoms with Gasteiger partial charge in [-0.2, -0.15) is 0 Å². The topological polar surface area (TPSA) is 51.9 Å². The average Bonchev–Trinajstić information content (AvgIpc) is 3.40. The second kappa shape index (κ2) is 8.56. The van der Waals surface area contributed by atoms with Gasteiger partial charge in [0, 0.05) is 42.9 Å². The molecule has 0 spiro atoms. The lowest BCUT2D eigenvalue weighted by molar-refractivity contribution is 0.0319. The van der Waals surface area contributed by atoms with E-state index < -0.39 is 0 Å². The molecule has 28 heavy (non-hydrogen) atoms. The summed E-state index contributed by atoms with van der Waals surface area (Å²) in [5, 5.41) is 0.867. The van der Waals surface area contributed by atoms with Crippen molar-refractivity contribution >= 4 is 22.6 Å². The van der Waals surface area contributed by atoms with Crippen LogP contribution in [-0.2, 0) is 15.9 Å². The number of furan rings is 1. The van der Waals surface area contributed by atoms with E-state index in [2.05, 4.69) is 24.8 Å². The summed E-state index contributed by atoms with van der Waals surface area (Å²) in [5.41, 5.74) is 3.64. The van der Waals surface area contributed by atoms with Gasteiger partial charge in [0.25, 0.3) is 0 Å². The fraction of sp³-hybridized carbons (Fsp3) is 0.609. The summed E-state index contributed by atoms with van der Waals surface area (Å²) >= 11 is 0. The Morgan fingerprint density at radius 2 is 1.93 bits per heavy atom. The Morgan fingerprint density at radius 3 is 2.61 bits per heavy atom. The van der Waals surface area contributed by atoms with Crippen molar-refractivity contribution in [2.45, 2.75) is 70.9 Å². The summed E-state index contributed by atoms with van der Waals surface area (Å²) in [6, 6.07) is 4.43. The van der Waals surface area contributed by atoms with E-state index in [4.69, 9.17) is 13.9 Å². The molecule has 2 heterocycles. The molecule has 1 aromatic carbocycles. The van der Waals surface area contributed by atoms with E-state index >= 15 is 0 Å². The van der Waals surface area contributed by atoms with Gasteiger partial charge in [-0.05, 0) is 63.5 Å². The molecule has 152 valence electrons. The number of rotatable bonds is 6. The highest BCUT2D eigenvalue weighted by atomic mass is 16.5. The zero-order chi connectivity index (χ0) is 19.5. The molecule has 4 rings (SSSR count). The van der Waals surface area contributed by atoms with Crippen molar-refractivity contribution in [3.05, 3.63) is 29.5 Å². The standard InChI is InChI=1S/C23H31NO4/c1-3-18-20(24(4-2)16-9-12-26-13-10-16)15-21-19(11-14-27-21)22(18)23(25)28-17-7-5-6-8-17/h11,14-17H,3-10,12-13H2,1-2H3. The van der Waals surface area contributed by atoms with Crippen LogP contribution in [0, 0.1) is 0 Å². The van der Waals surface area contributed by atoms with E-state index in [0.29, 0.717) is 11.6 Å². The lowest BCUT2D eigenvalue weighted by Crippen LogP contribution is -2.40. The maximum absolute atomic E-state index is 13.2. The summed E-state index contributed by atoms with van der Waals surface area (Å²) in [6.07, 6.45) is 8.77. The van der Waals surface area contributed by atoms with Gasteiger partial charge in [-0.15, -0.1) is 0 Å². The molecule has 1 aliphatic carbocycles. The van der Waals surface area contributed by atoms with Crippen LogP contribution in [0.5, 0.6) is 0 Å². The van der Waals surface area contributed by atoms with Gasteiger partial charge in [0.2, 0.25) is 0 Å². The highest BCUT2D eigenvalue weighted by Gasteiger charge is 2.29. The van der Waals surface area contributed by atoms with Gasteiger partial charge >= 0.3 is 5.97 Å². The van der Waals surface area contributed by atoms with Crippen molar-refractivity contribution in [2.24, 2.45) is 0 Å². The van der Waals surface area contributed by atoms with Crippen LogP contribution in [0.4, 0.5) is 5.69 Å². The third-order valence-electron chi connectivity index (χ3n) is 6.26. The molecular formula is C23H31NO4. The Bertz CT molecular complexity index is 815. The molecule has 0 bridgehead atoms. The molecular weight excluding hydrogens is 354 g/mol. The van der Waals surface area contributed by atoms with Gasteiger partial charge in [0.15, 0.2) is 0 Å². The third-order valence-corrected chi connectivity index (χ3v) is 6.26. The van der Waals surface area contributed by atoms with E-state index in [9.17, 15) is 4.79 Å². The summed E-state index contributed by atoms with van der Waals surface area (Å²) in [6.45, 7) is 6.78. The molecule has 1 saturated heterocycles. The Labute approximate surface area is 167 Å². The molecule has 0 unspecified atom stereocenters. The van der Waals surface area contributed by atoms with Crippen LogP contribution < -0.4 is 4.90 Å². The smallest absolute Gasteiger partial charge is 0.339 e. The molecule has 2 aromatic rings. The molecule has 0 amide bonds. The Hall–Kier alpha value is -2.01. The van der Waals surface area contributed by atoms with Crippen molar-refractivity contribution < 1.29 is 18.7 Å². The number of hydrogen-bond donors (Lipinski definition) is 0. The molecule has 0 N–H and O–H groups in total. The molecule has 0 radical (unpaired) electrons. The average molecular weight is 386 g/mol. The molecule has 5 heteroatoms. The maximum atomic E-state index is 13.2. The van der Waals surface area contributed by atoms with Crippen LogP contribution >= 0.6 is 0 Å². The SMILES string of the molecule is CCc1c(N(CC)C2CCOCC2)cc2occc2c1C(=O)OC1CCCC1. The van der Waals surface area contributed by atoms with Crippen molar-refractivity contribution in [3.63, 3.8) is 0 Å². The van der Waals surface area contributed by atoms with Gasteiger partial charge in [-0.25, -0.2) is 4.79 Å². The van der Waals surface area contributed by atoms with Gasteiger partial charge in [-0.1, -0.05) is 6.92 Å². The first-order valence-electron chi connectivity index (χ1n) is 10.8. The van der Waals surface area contributed by atoms with Crippen LogP contribution in [0.25, 0.3) is 11.0 Å². The summed E-state index contributed by atoms with van der Waals surface area (Å²) in [7, 11) is 0. The van der Waals surface area contributed by atoms with Crippen LogP contribution in [-0.4, -0.2) is 37.9 Å². The third kappa shape index (κ3) is 3.64. The molecule has 0 atom stereocenters. The molecule has 5 nitrogen and oxygen atoms in total. The van der Waals surface area contributed by atoms with Crippen LogP contribution in [0.3, 0.4) is 0 Å². The van der Waals surface area contributed by atoms with Gasteiger partial charge in [-0.3, -0.25) is 0 Å². The Kier molecular flexibility index (Phi) is 5.90. The second-order valence-corrected chi connectivity index (χ2v) is 7.88. The zero-order valence-electron chi connectivity index (χ0n) is 17.0. The number of fused-ring (bicyclic) bond motifs is 1. The van der Waals surface area contributed by atoms with E-state index in [1.54, 1.807) is 6.26 Å². The minimum Gasteiger partial charge on any atom is -0.464 e. The van der Waals surface area contributed by atoms with Crippen molar-refractivity contribution in [2.75, 3.05) is 24.7 Å². The quantitative estimate of drug-likeness (QED) is 0.648. The van der Waals surface area contributed by atoms with E-state index in [0.717, 1.165) is 86.9 Å². The summed E-state index contributed by atoms with van der Waals surface area (Å²) < 4.78 is 17.2. The number of hydrogen-bond acceptors (Lipinski definition) is 5. The predicted octanol–water partition coefficient (Wildman–Crippen LogP) is 5.10. The van der Waals surface area contributed by atoms with Crippen LogP contribution in [0.1, 0.15) is 68.3 Å². The molecule has 1 aliphatic heterocycles. The minimum atomic E-state index is -0.194. The largest absolute Gasteiger partial charge is 0.464 e. The first kappa shape index (κ1) is 19.3. The summed E-state index contributed by atoms with van der Waals surface area (Å²) in [5.74, 6) is -0.194. The van der Waals surface area contributed by atoms with Gasteiger partial charge in [0.1, 0.15) is 11.7 Å². The zero-order valence-corrected chi connectivity index (χ0v) is 17.0. The van der Waals surface area contributed by atoms with Gasteiger partial charge < -0.3 is 18.8 Å². The Morgan fingerprint density at radius 1 is 1.18 bits per heavy atom. The lowest BCUT2D eigenvalue weighted by atomic mass is 9.96.